The molecule has 0 rings (SSSR count). The van der Waals surface area contributed by atoms with Crippen LogP contribution in [0.4, 0.5) is 0 Å². The minimum Gasteiger partial charge on any atom is -0.394 e. The molecule has 5 heteroatoms. The van der Waals surface area contributed by atoms with E-state index in [2.05, 4.69) is 67.8 Å². The Morgan fingerprint density at radius 3 is 1.10 bits per heavy atom. The summed E-state index contributed by atoms with van der Waals surface area (Å²) in [5.74, 6) is -0.517. The number of amides is 1. The summed E-state index contributed by atoms with van der Waals surface area (Å²) in [6.07, 6.45) is 68.6. The molecule has 0 aliphatic carbocycles. The SMILES string of the molecule is CCCCCCC/C=C/CC/C=C/CC/C=C/C(O)C(CO)NC(=O)C(O)CCCCCCCCCCCCCCCCCC/C=C\C/C=C\CCCCCCCCCCC. The highest BCUT2D eigenvalue weighted by atomic mass is 16.3. The van der Waals surface area contributed by atoms with Gasteiger partial charge in [0.2, 0.25) is 5.91 Å². The van der Waals surface area contributed by atoms with Crippen LogP contribution in [-0.4, -0.2) is 46.1 Å². The van der Waals surface area contributed by atoms with Crippen molar-refractivity contribution in [2.45, 2.75) is 283 Å². The lowest BCUT2D eigenvalue weighted by Crippen LogP contribution is -2.48. The first-order valence-electron chi connectivity index (χ1n) is 26.6. The van der Waals surface area contributed by atoms with Gasteiger partial charge in [-0.3, -0.25) is 4.79 Å². The average Bonchev–Trinajstić information content (AvgIpc) is 3.26. The predicted molar refractivity (Wildman–Crippen MR) is 268 cm³/mol. The van der Waals surface area contributed by atoms with Gasteiger partial charge in [0.05, 0.1) is 18.8 Å². The molecule has 4 N–H and O–H groups in total. The van der Waals surface area contributed by atoms with Gasteiger partial charge < -0.3 is 20.6 Å². The second-order valence-electron chi connectivity index (χ2n) is 18.1. The summed E-state index contributed by atoms with van der Waals surface area (Å²) in [6, 6.07) is -0.822. The van der Waals surface area contributed by atoms with E-state index in [9.17, 15) is 20.1 Å². The van der Waals surface area contributed by atoms with Crippen LogP contribution in [0.15, 0.2) is 60.8 Å². The number of unbranched alkanes of at least 4 members (excludes halogenated alkanes) is 32. The molecule has 356 valence electrons. The summed E-state index contributed by atoms with van der Waals surface area (Å²) >= 11 is 0. The number of aliphatic hydroxyl groups is 3. The maximum absolute atomic E-state index is 12.5. The third-order valence-electron chi connectivity index (χ3n) is 12.1. The number of carbonyl (C=O) groups is 1. The molecule has 61 heavy (non-hydrogen) atoms. The molecule has 0 aliphatic heterocycles. The molecule has 3 unspecified atom stereocenters. The van der Waals surface area contributed by atoms with Gasteiger partial charge in [-0.25, -0.2) is 0 Å². The molecule has 0 aromatic carbocycles. The Bertz CT molecular complexity index is 1030. The third-order valence-corrected chi connectivity index (χ3v) is 12.1. The summed E-state index contributed by atoms with van der Waals surface area (Å²) in [7, 11) is 0. The van der Waals surface area contributed by atoms with Crippen molar-refractivity contribution in [2.24, 2.45) is 0 Å². The first kappa shape index (κ1) is 59.0. The molecule has 0 spiro atoms. The minimum absolute atomic E-state index is 0.382. The first-order valence-corrected chi connectivity index (χ1v) is 26.6. The topological polar surface area (TPSA) is 89.8 Å². The Morgan fingerprint density at radius 1 is 0.410 bits per heavy atom. The molecule has 0 aromatic rings. The van der Waals surface area contributed by atoms with Gasteiger partial charge >= 0.3 is 0 Å². The van der Waals surface area contributed by atoms with E-state index in [0.717, 1.165) is 51.4 Å². The lowest BCUT2D eigenvalue weighted by Gasteiger charge is -2.21. The highest BCUT2D eigenvalue weighted by molar-refractivity contribution is 5.80. The van der Waals surface area contributed by atoms with Crippen molar-refractivity contribution in [3.8, 4) is 0 Å². The Morgan fingerprint density at radius 2 is 0.721 bits per heavy atom. The van der Waals surface area contributed by atoms with Crippen LogP contribution in [0.5, 0.6) is 0 Å². The fourth-order valence-electron chi connectivity index (χ4n) is 7.90. The quantitative estimate of drug-likeness (QED) is 0.0363. The maximum atomic E-state index is 12.5. The zero-order valence-corrected chi connectivity index (χ0v) is 40.5. The molecule has 3 atom stereocenters. The van der Waals surface area contributed by atoms with E-state index in [1.165, 1.54) is 193 Å². The van der Waals surface area contributed by atoms with Gasteiger partial charge in [0.15, 0.2) is 0 Å². The molecular formula is C56H103NO4. The Kier molecular flexibility index (Phi) is 49.1. The average molecular weight is 854 g/mol. The van der Waals surface area contributed by atoms with E-state index < -0.39 is 24.2 Å². The van der Waals surface area contributed by atoms with Gasteiger partial charge in [-0.2, -0.15) is 0 Å². The van der Waals surface area contributed by atoms with Crippen LogP contribution in [-0.2, 0) is 4.79 Å². The number of hydrogen-bond acceptors (Lipinski definition) is 4. The van der Waals surface area contributed by atoms with Crippen molar-refractivity contribution >= 4 is 5.91 Å². The van der Waals surface area contributed by atoms with Gasteiger partial charge in [-0.1, -0.05) is 248 Å². The van der Waals surface area contributed by atoms with E-state index in [4.69, 9.17) is 0 Å². The van der Waals surface area contributed by atoms with Gasteiger partial charge in [0.25, 0.3) is 0 Å². The number of nitrogens with one attached hydrogen (secondary N) is 1. The van der Waals surface area contributed by atoms with Gasteiger partial charge in [0, 0.05) is 0 Å². The van der Waals surface area contributed by atoms with Crippen LogP contribution in [0.25, 0.3) is 0 Å². The summed E-state index contributed by atoms with van der Waals surface area (Å²) in [6.45, 7) is 4.16. The third kappa shape index (κ3) is 45.9. The normalized spacial score (nSPS) is 13.9. The highest BCUT2D eigenvalue weighted by Gasteiger charge is 2.22. The van der Waals surface area contributed by atoms with Crippen molar-refractivity contribution in [1.82, 2.24) is 5.32 Å². The van der Waals surface area contributed by atoms with Gasteiger partial charge in [0.1, 0.15) is 6.10 Å². The van der Waals surface area contributed by atoms with Crippen LogP contribution in [0.3, 0.4) is 0 Å². The molecule has 0 saturated carbocycles. The molecule has 0 saturated heterocycles. The van der Waals surface area contributed by atoms with Crippen molar-refractivity contribution in [1.29, 1.82) is 0 Å². The zero-order valence-electron chi connectivity index (χ0n) is 40.5. The monoisotopic (exact) mass is 854 g/mol. The van der Waals surface area contributed by atoms with E-state index in [0.29, 0.717) is 6.42 Å². The molecule has 0 radical (unpaired) electrons. The molecule has 1 amide bonds. The van der Waals surface area contributed by atoms with E-state index in [1.54, 1.807) is 6.08 Å². The second kappa shape index (κ2) is 50.7. The van der Waals surface area contributed by atoms with Gasteiger partial charge in [-0.15, -0.1) is 0 Å². The number of rotatable bonds is 48. The number of hydrogen-bond donors (Lipinski definition) is 4. The van der Waals surface area contributed by atoms with Crippen molar-refractivity contribution in [3.05, 3.63) is 60.8 Å². The fourth-order valence-corrected chi connectivity index (χ4v) is 7.90. The Hall–Kier alpha value is -1.95. The van der Waals surface area contributed by atoms with Crippen LogP contribution < -0.4 is 5.32 Å². The number of aliphatic hydroxyl groups excluding tert-OH is 3. The largest absolute Gasteiger partial charge is 0.394 e. The smallest absolute Gasteiger partial charge is 0.249 e. The van der Waals surface area contributed by atoms with Crippen molar-refractivity contribution < 1.29 is 20.1 Å². The Labute approximate surface area is 379 Å². The summed E-state index contributed by atoms with van der Waals surface area (Å²) < 4.78 is 0. The summed E-state index contributed by atoms with van der Waals surface area (Å²) in [4.78, 5) is 12.5. The second-order valence-corrected chi connectivity index (χ2v) is 18.1. The van der Waals surface area contributed by atoms with Crippen LogP contribution >= 0.6 is 0 Å². The lowest BCUT2D eigenvalue weighted by molar-refractivity contribution is -0.131. The first-order chi connectivity index (χ1) is 30.1. The standard InChI is InChI=1S/C56H103NO4/c1-3-5-7-9-11-13-15-17-19-20-21-22-23-24-25-26-27-28-29-30-31-32-33-34-35-37-39-41-43-45-47-49-51-55(60)56(61)57-53(52-58)54(59)50-48-46-44-42-40-38-36-18-16-14-12-10-8-6-4-2/h16,18,21-22,24-25,40,42,48,50,53-55,58-60H,3-15,17,19-20,23,26-39,41,43-47,49,51-52H2,1-2H3,(H,57,61)/b18-16+,22-21-,25-24-,42-40+,50-48+. The van der Waals surface area contributed by atoms with E-state index >= 15 is 0 Å². The summed E-state index contributed by atoms with van der Waals surface area (Å²) in [5.41, 5.74) is 0. The minimum atomic E-state index is -1.11. The summed E-state index contributed by atoms with van der Waals surface area (Å²) in [5, 5.41) is 33.2. The van der Waals surface area contributed by atoms with Crippen molar-refractivity contribution in [2.75, 3.05) is 6.61 Å². The Balaban J connectivity index is 3.58. The number of carbonyl (C=O) groups excluding carboxylic acids is 1. The maximum Gasteiger partial charge on any atom is 0.249 e. The fraction of sp³-hybridized carbons (Fsp3) is 0.804. The van der Waals surface area contributed by atoms with E-state index in [1.807, 2.05) is 6.08 Å². The van der Waals surface area contributed by atoms with Crippen LogP contribution in [0, 0.1) is 0 Å². The van der Waals surface area contributed by atoms with E-state index in [-0.39, 0.29) is 6.61 Å². The lowest BCUT2D eigenvalue weighted by atomic mass is 10.0. The molecular weight excluding hydrogens is 751 g/mol. The predicted octanol–water partition coefficient (Wildman–Crippen LogP) is 16.2. The highest BCUT2D eigenvalue weighted by Crippen LogP contribution is 2.16. The molecule has 0 aromatic heterocycles. The molecule has 5 nitrogen and oxygen atoms in total. The molecule has 0 fully saturated rings. The van der Waals surface area contributed by atoms with Crippen molar-refractivity contribution in [3.63, 3.8) is 0 Å². The zero-order chi connectivity index (χ0) is 44.4. The van der Waals surface area contributed by atoms with Crippen LogP contribution in [0.1, 0.15) is 264 Å². The number of allylic oxidation sites excluding steroid dienone is 9. The molecule has 0 aliphatic rings. The molecule has 0 heterocycles. The van der Waals surface area contributed by atoms with Gasteiger partial charge in [-0.05, 0) is 77.0 Å². The molecule has 0 bridgehead atoms. The van der Waals surface area contributed by atoms with Crippen LogP contribution in [0.2, 0.25) is 0 Å².